The van der Waals surface area contributed by atoms with Crippen LogP contribution in [-0.2, 0) is 15.2 Å². The van der Waals surface area contributed by atoms with E-state index >= 15 is 0 Å². The lowest BCUT2D eigenvalue weighted by Crippen LogP contribution is -2.09. The summed E-state index contributed by atoms with van der Waals surface area (Å²) in [6, 6.07) is 1.92. The van der Waals surface area contributed by atoms with Gasteiger partial charge in [0.2, 0.25) is 5.03 Å². The van der Waals surface area contributed by atoms with Crippen LogP contribution in [-0.4, -0.2) is 28.4 Å². The van der Waals surface area contributed by atoms with E-state index in [-0.39, 0.29) is 5.69 Å². The van der Waals surface area contributed by atoms with Crippen molar-refractivity contribution in [1.29, 1.82) is 0 Å². The third-order valence-corrected chi connectivity index (χ3v) is 3.18. The Hall–Kier alpha value is -1.68. The molecular weight excluding hydrogens is 309 g/mol. The monoisotopic (exact) mass is 312 g/mol. The fourth-order valence-electron chi connectivity index (χ4n) is 1.20. The summed E-state index contributed by atoms with van der Waals surface area (Å²) < 4.78 is 60.1. The number of aromatic nitrogens is 4. The van der Waals surface area contributed by atoms with Crippen LogP contribution < -0.4 is 0 Å². The van der Waals surface area contributed by atoms with Gasteiger partial charge in [0.05, 0.1) is 11.9 Å². The molecule has 0 aliphatic rings. The van der Waals surface area contributed by atoms with E-state index in [1.54, 1.807) is 0 Å². The van der Waals surface area contributed by atoms with E-state index in [9.17, 15) is 21.6 Å². The molecular formula is C8H4ClF3N4O2S. The number of alkyl halides is 3. The molecule has 0 unspecified atom stereocenters. The molecule has 102 valence electrons. The normalized spacial score (nSPS) is 12.6. The molecule has 0 saturated carbocycles. The van der Waals surface area contributed by atoms with Crippen molar-refractivity contribution < 1.29 is 21.6 Å². The maximum absolute atomic E-state index is 12.5. The molecule has 0 amide bonds. The number of pyridine rings is 1. The zero-order valence-electron chi connectivity index (χ0n) is 8.83. The van der Waals surface area contributed by atoms with Crippen molar-refractivity contribution in [2.75, 3.05) is 0 Å². The summed E-state index contributed by atoms with van der Waals surface area (Å²) in [6.45, 7) is 0. The molecule has 0 bridgehead atoms. The molecule has 11 heteroatoms. The molecule has 0 fully saturated rings. The Morgan fingerprint density at radius 1 is 1.32 bits per heavy atom. The van der Waals surface area contributed by atoms with E-state index in [1.165, 1.54) is 6.07 Å². The summed E-state index contributed by atoms with van der Waals surface area (Å²) in [7, 11) is 0.939. The van der Waals surface area contributed by atoms with Crippen molar-refractivity contribution in [3.05, 3.63) is 30.2 Å². The van der Waals surface area contributed by atoms with Gasteiger partial charge in [-0.05, 0) is 12.1 Å². The minimum Gasteiger partial charge on any atom is -0.252 e. The zero-order chi connectivity index (χ0) is 14.3. The van der Waals surface area contributed by atoms with Crippen molar-refractivity contribution in [2.24, 2.45) is 0 Å². The second kappa shape index (κ2) is 4.46. The molecule has 2 rings (SSSR count). The first-order valence-electron chi connectivity index (χ1n) is 4.58. The Morgan fingerprint density at radius 2 is 2.00 bits per heavy atom. The van der Waals surface area contributed by atoms with Crippen molar-refractivity contribution in [2.45, 2.75) is 11.2 Å². The summed E-state index contributed by atoms with van der Waals surface area (Å²) >= 11 is 0. The number of hydrogen-bond donors (Lipinski definition) is 0. The summed E-state index contributed by atoms with van der Waals surface area (Å²) in [5.74, 6) is 0. The van der Waals surface area contributed by atoms with Crippen molar-refractivity contribution in [1.82, 2.24) is 20.0 Å². The van der Waals surface area contributed by atoms with Crippen LogP contribution in [0, 0.1) is 0 Å². The molecule has 2 aromatic heterocycles. The van der Waals surface area contributed by atoms with E-state index in [0.717, 1.165) is 17.1 Å². The van der Waals surface area contributed by atoms with E-state index in [2.05, 4.69) is 15.3 Å². The predicted molar refractivity (Wildman–Crippen MR) is 57.2 cm³/mol. The lowest BCUT2D eigenvalue weighted by Gasteiger charge is -2.06. The molecule has 0 spiro atoms. The minimum absolute atomic E-state index is 0.0404. The van der Waals surface area contributed by atoms with Gasteiger partial charge in [0, 0.05) is 16.9 Å². The summed E-state index contributed by atoms with van der Waals surface area (Å²) in [5.41, 5.74) is -1.17. The molecule has 19 heavy (non-hydrogen) atoms. The van der Waals surface area contributed by atoms with E-state index in [0.29, 0.717) is 6.07 Å². The van der Waals surface area contributed by atoms with E-state index in [4.69, 9.17) is 10.7 Å². The molecule has 0 aliphatic heterocycles. The van der Waals surface area contributed by atoms with Crippen LogP contribution in [0.2, 0.25) is 0 Å². The SMILES string of the molecule is O=S(=O)(Cl)c1cn(-c2ccnc(C(F)(F)F)c2)nn1. The van der Waals surface area contributed by atoms with E-state index < -0.39 is 25.9 Å². The lowest BCUT2D eigenvalue weighted by molar-refractivity contribution is -0.141. The summed E-state index contributed by atoms with van der Waals surface area (Å²) in [5, 5.41) is 6.08. The van der Waals surface area contributed by atoms with Crippen molar-refractivity contribution >= 4 is 19.7 Å². The van der Waals surface area contributed by atoms with Gasteiger partial charge in [0.25, 0.3) is 9.05 Å². The molecule has 6 nitrogen and oxygen atoms in total. The first kappa shape index (κ1) is 13.7. The second-order valence-corrected chi connectivity index (χ2v) is 5.85. The van der Waals surface area contributed by atoms with Gasteiger partial charge in [0.1, 0.15) is 5.69 Å². The van der Waals surface area contributed by atoms with Gasteiger partial charge in [-0.2, -0.15) is 13.2 Å². The second-order valence-electron chi connectivity index (χ2n) is 3.34. The lowest BCUT2D eigenvalue weighted by atomic mass is 10.3. The third-order valence-electron chi connectivity index (χ3n) is 2.02. The first-order valence-corrected chi connectivity index (χ1v) is 6.89. The van der Waals surface area contributed by atoms with Crippen molar-refractivity contribution in [3.63, 3.8) is 0 Å². The maximum Gasteiger partial charge on any atom is 0.433 e. The Morgan fingerprint density at radius 3 is 2.53 bits per heavy atom. The van der Waals surface area contributed by atoms with Crippen molar-refractivity contribution in [3.8, 4) is 5.69 Å². The van der Waals surface area contributed by atoms with Crippen LogP contribution in [0.3, 0.4) is 0 Å². The molecule has 0 saturated heterocycles. The number of hydrogen-bond acceptors (Lipinski definition) is 5. The topological polar surface area (TPSA) is 77.7 Å². The number of rotatable bonds is 2. The molecule has 0 atom stereocenters. The van der Waals surface area contributed by atoms with Crippen LogP contribution in [0.1, 0.15) is 5.69 Å². The third kappa shape index (κ3) is 3.01. The van der Waals surface area contributed by atoms with Crippen LogP contribution in [0.25, 0.3) is 5.69 Å². The maximum atomic E-state index is 12.5. The molecule has 0 aromatic carbocycles. The van der Waals surface area contributed by atoms with Gasteiger partial charge in [-0.25, -0.2) is 13.1 Å². The Balaban J connectivity index is 2.46. The van der Waals surface area contributed by atoms with Gasteiger partial charge < -0.3 is 0 Å². The van der Waals surface area contributed by atoms with Crippen LogP contribution in [0.4, 0.5) is 13.2 Å². The fourth-order valence-corrected chi connectivity index (χ4v) is 1.78. The van der Waals surface area contributed by atoms with Gasteiger partial charge in [-0.15, -0.1) is 5.10 Å². The van der Waals surface area contributed by atoms with Gasteiger partial charge >= 0.3 is 6.18 Å². The summed E-state index contributed by atoms with van der Waals surface area (Å²) in [6.07, 6.45) is -2.79. The van der Waals surface area contributed by atoms with Gasteiger partial charge in [-0.1, -0.05) is 5.21 Å². The largest absolute Gasteiger partial charge is 0.433 e. The Kier molecular flexibility index (Phi) is 3.22. The standard InChI is InChI=1S/C8H4ClF3N4O2S/c9-19(17,18)7-4-16(15-14-7)5-1-2-13-6(3-5)8(10,11)12/h1-4H. The van der Waals surface area contributed by atoms with Crippen LogP contribution in [0.15, 0.2) is 29.6 Å². The number of halogens is 4. The highest BCUT2D eigenvalue weighted by Gasteiger charge is 2.32. The fraction of sp³-hybridized carbons (Fsp3) is 0.125. The Bertz CT molecular complexity index is 713. The molecule has 0 radical (unpaired) electrons. The zero-order valence-corrected chi connectivity index (χ0v) is 10.4. The highest BCUT2D eigenvalue weighted by atomic mass is 35.7. The molecule has 2 aromatic rings. The van der Waals surface area contributed by atoms with Gasteiger partial charge in [0.15, 0.2) is 0 Å². The average molecular weight is 313 g/mol. The smallest absolute Gasteiger partial charge is 0.252 e. The van der Waals surface area contributed by atoms with Crippen LogP contribution >= 0.6 is 10.7 Å². The van der Waals surface area contributed by atoms with E-state index in [1.807, 2.05) is 0 Å². The first-order chi connectivity index (χ1) is 8.68. The molecule has 0 aliphatic carbocycles. The molecule has 0 N–H and O–H groups in total. The average Bonchev–Trinajstić information content (AvgIpc) is 2.77. The predicted octanol–water partition coefficient (Wildman–Crippen LogP) is 1.61. The number of nitrogens with zero attached hydrogens (tertiary/aromatic N) is 4. The quantitative estimate of drug-likeness (QED) is 0.787. The molecule has 2 heterocycles. The van der Waals surface area contributed by atoms with Crippen LogP contribution in [0.5, 0.6) is 0 Å². The highest BCUT2D eigenvalue weighted by molar-refractivity contribution is 8.13. The minimum atomic E-state index is -4.61. The van der Waals surface area contributed by atoms with Gasteiger partial charge in [-0.3, -0.25) is 4.98 Å². The highest BCUT2D eigenvalue weighted by Crippen LogP contribution is 2.28. The Labute approximate surface area is 109 Å². The summed E-state index contributed by atoms with van der Waals surface area (Å²) in [4.78, 5) is 3.16.